The van der Waals surface area contributed by atoms with Crippen LogP contribution in [0.1, 0.15) is 55.0 Å². The third-order valence-electron chi connectivity index (χ3n) is 4.42. The minimum absolute atomic E-state index is 0.523. The number of nitrogens with one attached hydrogen (secondary N) is 1. The number of aromatic nitrogens is 1. The maximum atomic E-state index is 5.05. The van der Waals surface area contributed by atoms with Gasteiger partial charge in [-0.3, -0.25) is 4.98 Å². The Morgan fingerprint density at radius 3 is 2.75 bits per heavy atom. The van der Waals surface area contributed by atoms with Crippen molar-refractivity contribution in [3.8, 4) is 0 Å². The summed E-state index contributed by atoms with van der Waals surface area (Å²) in [5.74, 6) is 0.523. The number of hydrogen-bond acceptors (Lipinski definition) is 2. The lowest BCUT2D eigenvalue weighted by Crippen LogP contribution is -2.15. The van der Waals surface area contributed by atoms with Gasteiger partial charge in [0.2, 0.25) is 0 Å². The lowest BCUT2D eigenvalue weighted by atomic mass is 9.88. The van der Waals surface area contributed by atoms with Crippen LogP contribution in [0.4, 0.5) is 0 Å². The van der Waals surface area contributed by atoms with Crippen LogP contribution in [0.5, 0.6) is 0 Å². The molecule has 106 valence electrons. The van der Waals surface area contributed by atoms with Gasteiger partial charge in [0.05, 0.1) is 5.52 Å². The van der Waals surface area contributed by atoms with Gasteiger partial charge in [0.25, 0.3) is 0 Å². The first kappa shape index (κ1) is 13.6. The molecule has 0 fully saturated rings. The van der Waals surface area contributed by atoms with E-state index in [1.54, 1.807) is 0 Å². The number of para-hydroxylation sites is 1. The largest absolute Gasteiger partial charge is 0.316 e. The van der Waals surface area contributed by atoms with E-state index in [0.717, 1.165) is 13.0 Å². The molecule has 0 saturated carbocycles. The zero-order chi connectivity index (χ0) is 14.1. The molecule has 3 rings (SSSR count). The van der Waals surface area contributed by atoms with Crippen molar-refractivity contribution in [3.63, 3.8) is 0 Å². The molecule has 0 amide bonds. The molecule has 0 atom stereocenters. The van der Waals surface area contributed by atoms with E-state index in [9.17, 15) is 0 Å². The van der Waals surface area contributed by atoms with Gasteiger partial charge in [-0.25, -0.2) is 0 Å². The number of benzene rings is 1. The van der Waals surface area contributed by atoms with Crippen LogP contribution in [0.25, 0.3) is 10.9 Å². The summed E-state index contributed by atoms with van der Waals surface area (Å²) in [6.45, 7) is 5.46. The predicted octanol–water partition coefficient (Wildman–Crippen LogP) is 3.96. The maximum Gasteiger partial charge on any atom is 0.0743 e. The summed E-state index contributed by atoms with van der Waals surface area (Å²) >= 11 is 0. The molecule has 1 aromatic carbocycles. The molecule has 0 radical (unpaired) electrons. The van der Waals surface area contributed by atoms with Gasteiger partial charge < -0.3 is 5.32 Å². The van der Waals surface area contributed by atoms with Crippen molar-refractivity contribution in [3.05, 3.63) is 40.6 Å². The Kier molecular flexibility index (Phi) is 3.75. The van der Waals surface area contributed by atoms with Gasteiger partial charge in [0.15, 0.2) is 0 Å². The molecule has 0 spiro atoms. The normalized spacial score (nSPS) is 14.8. The third-order valence-corrected chi connectivity index (χ3v) is 4.42. The van der Waals surface area contributed by atoms with Crippen molar-refractivity contribution < 1.29 is 0 Å². The van der Waals surface area contributed by atoms with E-state index in [-0.39, 0.29) is 0 Å². The second-order valence-corrected chi connectivity index (χ2v) is 6.15. The van der Waals surface area contributed by atoms with E-state index in [2.05, 4.69) is 37.4 Å². The molecular formula is C18H24N2. The van der Waals surface area contributed by atoms with Gasteiger partial charge in [-0.1, -0.05) is 32.0 Å². The summed E-state index contributed by atoms with van der Waals surface area (Å²) in [4.78, 5) is 5.05. The van der Waals surface area contributed by atoms with Crippen LogP contribution < -0.4 is 5.32 Å². The quantitative estimate of drug-likeness (QED) is 0.911. The van der Waals surface area contributed by atoms with Gasteiger partial charge >= 0.3 is 0 Å². The Bertz CT molecular complexity index is 629. The minimum Gasteiger partial charge on any atom is -0.316 e. The summed E-state index contributed by atoms with van der Waals surface area (Å²) in [7, 11) is 2.04. The number of pyridine rings is 1. The van der Waals surface area contributed by atoms with Crippen LogP contribution in [-0.2, 0) is 19.4 Å². The van der Waals surface area contributed by atoms with E-state index in [1.807, 2.05) is 7.05 Å². The van der Waals surface area contributed by atoms with Crippen LogP contribution in [0.15, 0.2) is 18.2 Å². The number of nitrogens with zero attached hydrogens (tertiary/aromatic N) is 1. The highest BCUT2D eigenvalue weighted by atomic mass is 14.8. The monoisotopic (exact) mass is 268 g/mol. The van der Waals surface area contributed by atoms with E-state index < -0.39 is 0 Å². The number of hydrogen-bond donors (Lipinski definition) is 1. The molecule has 1 N–H and O–H groups in total. The van der Waals surface area contributed by atoms with Crippen molar-refractivity contribution in [2.24, 2.45) is 0 Å². The van der Waals surface area contributed by atoms with Crippen LogP contribution in [-0.4, -0.2) is 12.0 Å². The lowest BCUT2D eigenvalue weighted by Gasteiger charge is -2.22. The smallest absolute Gasteiger partial charge is 0.0743 e. The van der Waals surface area contributed by atoms with Gasteiger partial charge in [-0.15, -0.1) is 0 Å². The number of aryl methyl sites for hydroxylation is 1. The van der Waals surface area contributed by atoms with Crippen LogP contribution in [0, 0.1) is 0 Å². The van der Waals surface area contributed by atoms with E-state index in [0.29, 0.717) is 5.92 Å². The first-order valence-electron chi connectivity index (χ1n) is 7.80. The van der Waals surface area contributed by atoms with Gasteiger partial charge in [0.1, 0.15) is 0 Å². The summed E-state index contributed by atoms with van der Waals surface area (Å²) in [5, 5.41) is 4.70. The highest BCUT2D eigenvalue weighted by Crippen LogP contribution is 2.32. The minimum atomic E-state index is 0.523. The molecule has 1 aromatic heterocycles. The second-order valence-electron chi connectivity index (χ2n) is 6.15. The highest BCUT2D eigenvalue weighted by Gasteiger charge is 2.19. The van der Waals surface area contributed by atoms with Crippen molar-refractivity contribution >= 4 is 10.9 Å². The van der Waals surface area contributed by atoms with Crippen LogP contribution >= 0.6 is 0 Å². The summed E-state index contributed by atoms with van der Waals surface area (Å²) in [6.07, 6.45) is 4.94. The first-order chi connectivity index (χ1) is 9.72. The molecule has 0 bridgehead atoms. The van der Waals surface area contributed by atoms with Crippen molar-refractivity contribution in [2.75, 3.05) is 7.05 Å². The van der Waals surface area contributed by atoms with Crippen molar-refractivity contribution in [1.29, 1.82) is 0 Å². The molecule has 0 aliphatic heterocycles. The molecule has 20 heavy (non-hydrogen) atoms. The Labute approximate surface area is 121 Å². The van der Waals surface area contributed by atoms with Gasteiger partial charge in [-0.2, -0.15) is 0 Å². The van der Waals surface area contributed by atoms with E-state index >= 15 is 0 Å². The SMILES string of the molecule is CNCc1c2c(nc3c(C(C)C)cccc13)CCCC2. The second kappa shape index (κ2) is 5.53. The summed E-state index contributed by atoms with van der Waals surface area (Å²) in [6, 6.07) is 6.67. The Morgan fingerprint density at radius 1 is 1.20 bits per heavy atom. The molecule has 1 heterocycles. The lowest BCUT2D eigenvalue weighted by molar-refractivity contribution is 0.658. The fourth-order valence-corrected chi connectivity index (χ4v) is 3.41. The van der Waals surface area contributed by atoms with Crippen molar-refractivity contribution in [2.45, 2.75) is 52.0 Å². The molecule has 2 nitrogen and oxygen atoms in total. The molecule has 0 saturated heterocycles. The summed E-state index contributed by atoms with van der Waals surface area (Å²) in [5.41, 5.74) is 6.96. The predicted molar refractivity (Wildman–Crippen MR) is 85.2 cm³/mol. The highest BCUT2D eigenvalue weighted by molar-refractivity contribution is 5.87. The van der Waals surface area contributed by atoms with Gasteiger partial charge in [-0.05, 0) is 55.3 Å². The molecule has 0 unspecified atom stereocenters. The zero-order valence-corrected chi connectivity index (χ0v) is 12.8. The Hall–Kier alpha value is -1.41. The maximum absolute atomic E-state index is 5.05. The number of fused-ring (bicyclic) bond motifs is 2. The van der Waals surface area contributed by atoms with Gasteiger partial charge in [0, 0.05) is 17.6 Å². The summed E-state index contributed by atoms with van der Waals surface area (Å²) < 4.78 is 0. The fraction of sp³-hybridized carbons (Fsp3) is 0.500. The molecule has 1 aliphatic rings. The van der Waals surface area contributed by atoms with E-state index in [4.69, 9.17) is 4.98 Å². The zero-order valence-electron chi connectivity index (χ0n) is 12.8. The molecule has 2 aromatic rings. The standard InChI is InChI=1S/C18H24N2/c1-12(2)13-8-6-9-15-16(11-19-3)14-7-4-5-10-17(14)20-18(13)15/h6,8-9,12,19H,4-5,7,10-11H2,1-3H3. The van der Waals surface area contributed by atoms with E-state index in [1.165, 1.54) is 52.5 Å². The molecule has 2 heteroatoms. The van der Waals surface area contributed by atoms with Crippen LogP contribution in [0.2, 0.25) is 0 Å². The average molecular weight is 268 g/mol. The molecular weight excluding hydrogens is 244 g/mol. The van der Waals surface area contributed by atoms with Crippen molar-refractivity contribution in [1.82, 2.24) is 10.3 Å². The third kappa shape index (κ3) is 2.22. The Balaban J connectivity index is 2.32. The first-order valence-corrected chi connectivity index (χ1v) is 7.80. The molecule has 1 aliphatic carbocycles. The fourth-order valence-electron chi connectivity index (χ4n) is 3.41. The Morgan fingerprint density at radius 2 is 2.00 bits per heavy atom. The topological polar surface area (TPSA) is 24.9 Å². The average Bonchev–Trinajstić information content (AvgIpc) is 2.46. The van der Waals surface area contributed by atoms with Crippen LogP contribution in [0.3, 0.4) is 0 Å². The number of rotatable bonds is 3.